The summed E-state index contributed by atoms with van der Waals surface area (Å²) in [6, 6.07) is 3.34. The summed E-state index contributed by atoms with van der Waals surface area (Å²) in [5, 5.41) is 10.4. The van der Waals surface area contributed by atoms with E-state index in [4.69, 9.17) is 4.42 Å². The molecule has 0 unspecified atom stereocenters. The highest BCUT2D eigenvalue weighted by molar-refractivity contribution is 7.92. The Bertz CT molecular complexity index is 619. The largest absolute Gasteiger partial charge is 0.446 e. The quantitative estimate of drug-likeness (QED) is 0.838. The molecule has 7 nitrogen and oxygen atoms in total. The van der Waals surface area contributed by atoms with Gasteiger partial charge in [-0.25, -0.2) is 0 Å². The number of sulfonamides is 1. The van der Waals surface area contributed by atoms with Crippen molar-refractivity contribution in [3.05, 3.63) is 23.4 Å². The maximum atomic E-state index is 12.0. The molecule has 0 aliphatic carbocycles. The predicted molar refractivity (Wildman–Crippen MR) is 71.4 cm³/mol. The summed E-state index contributed by atoms with van der Waals surface area (Å²) in [6.07, 6.45) is 0. The summed E-state index contributed by atoms with van der Waals surface area (Å²) >= 11 is 1.10. The van der Waals surface area contributed by atoms with Gasteiger partial charge in [-0.15, -0.1) is 10.2 Å². The monoisotopic (exact) mass is 302 g/mol. The summed E-state index contributed by atoms with van der Waals surface area (Å²) in [4.78, 5) is 0. The summed E-state index contributed by atoms with van der Waals surface area (Å²) in [5.41, 5.74) is 1.44. The van der Waals surface area contributed by atoms with Crippen molar-refractivity contribution in [2.24, 2.45) is 0 Å². The van der Waals surface area contributed by atoms with Gasteiger partial charge in [-0.05, 0) is 12.1 Å². The van der Waals surface area contributed by atoms with Gasteiger partial charge in [0, 0.05) is 6.04 Å². The topological polar surface area (TPSA) is 97.1 Å². The molecule has 2 aromatic rings. The Hall–Kier alpha value is -1.45. The van der Waals surface area contributed by atoms with Crippen molar-refractivity contribution in [3.63, 3.8) is 0 Å². The van der Waals surface area contributed by atoms with Crippen LogP contribution in [0.15, 0.2) is 27.2 Å². The van der Waals surface area contributed by atoms with Crippen molar-refractivity contribution in [1.82, 2.24) is 15.5 Å². The minimum absolute atomic E-state index is 0.136. The molecule has 0 atom stereocenters. The Balaban J connectivity index is 2.08. The van der Waals surface area contributed by atoms with Crippen molar-refractivity contribution in [1.29, 1.82) is 0 Å². The lowest BCUT2D eigenvalue weighted by Gasteiger charge is -2.05. The highest BCUT2D eigenvalue weighted by atomic mass is 32.2. The van der Waals surface area contributed by atoms with Crippen LogP contribution < -0.4 is 10.0 Å². The first-order chi connectivity index (χ1) is 8.97. The lowest BCUT2D eigenvalue weighted by atomic mass is 10.3. The molecular formula is C10H14N4O3S2. The molecule has 0 aliphatic rings. The van der Waals surface area contributed by atoms with Crippen LogP contribution in [0.4, 0.5) is 5.13 Å². The van der Waals surface area contributed by atoms with E-state index in [0.29, 0.717) is 18.3 Å². The Kier molecular flexibility index (Phi) is 4.17. The molecule has 0 saturated heterocycles. The molecule has 104 valence electrons. The van der Waals surface area contributed by atoms with Crippen LogP contribution in [0.2, 0.25) is 0 Å². The van der Waals surface area contributed by atoms with Crippen LogP contribution in [0.1, 0.15) is 19.6 Å². The average molecular weight is 302 g/mol. The molecule has 2 aromatic heterocycles. The molecule has 0 saturated carbocycles. The summed E-state index contributed by atoms with van der Waals surface area (Å²) in [6.45, 7) is 4.47. The molecule has 2 heterocycles. The van der Waals surface area contributed by atoms with Crippen LogP contribution >= 0.6 is 11.3 Å². The highest BCUT2D eigenvalue weighted by Crippen LogP contribution is 2.19. The number of nitrogens with one attached hydrogen (secondary N) is 2. The van der Waals surface area contributed by atoms with Crippen LogP contribution in [0.5, 0.6) is 0 Å². The third-order valence-electron chi connectivity index (χ3n) is 2.17. The number of anilines is 1. The summed E-state index contributed by atoms with van der Waals surface area (Å²) in [5.74, 6) is 0.561. The fourth-order valence-electron chi connectivity index (χ4n) is 1.29. The lowest BCUT2D eigenvalue weighted by Crippen LogP contribution is -2.21. The molecule has 0 spiro atoms. The highest BCUT2D eigenvalue weighted by Gasteiger charge is 2.20. The van der Waals surface area contributed by atoms with Gasteiger partial charge in [-0.3, -0.25) is 4.72 Å². The smallest absolute Gasteiger partial charge is 0.297 e. The molecule has 2 rings (SSSR count). The normalized spacial score (nSPS) is 11.9. The van der Waals surface area contributed by atoms with Crippen LogP contribution in [-0.4, -0.2) is 24.7 Å². The maximum absolute atomic E-state index is 12.0. The Labute approximate surface area is 115 Å². The minimum Gasteiger partial charge on any atom is -0.446 e. The van der Waals surface area contributed by atoms with Gasteiger partial charge in [-0.2, -0.15) is 8.42 Å². The number of furan rings is 1. The fraction of sp³-hybridized carbons (Fsp3) is 0.400. The van der Waals surface area contributed by atoms with Crippen molar-refractivity contribution in [2.45, 2.75) is 31.5 Å². The van der Waals surface area contributed by atoms with Crippen LogP contribution in [0.25, 0.3) is 0 Å². The fourth-order valence-corrected chi connectivity index (χ4v) is 2.93. The third kappa shape index (κ3) is 3.75. The maximum Gasteiger partial charge on any atom is 0.297 e. The van der Waals surface area contributed by atoms with Gasteiger partial charge in [-0.1, -0.05) is 25.2 Å². The zero-order valence-electron chi connectivity index (χ0n) is 10.5. The van der Waals surface area contributed by atoms with Crippen molar-refractivity contribution >= 4 is 26.5 Å². The van der Waals surface area contributed by atoms with E-state index in [9.17, 15) is 8.42 Å². The summed E-state index contributed by atoms with van der Waals surface area (Å²) < 4.78 is 31.5. The molecule has 2 N–H and O–H groups in total. The van der Waals surface area contributed by atoms with Gasteiger partial charge in [0.1, 0.15) is 11.3 Å². The molecule has 0 fully saturated rings. The third-order valence-corrected chi connectivity index (χ3v) is 4.12. The molecular weight excluding hydrogens is 288 g/mol. The van der Waals surface area contributed by atoms with Gasteiger partial charge in [0.2, 0.25) is 10.2 Å². The van der Waals surface area contributed by atoms with Crippen LogP contribution in [0, 0.1) is 0 Å². The zero-order valence-corrected chi connectivity index (χ0v) is 12.1. The SMILES string of the molecule is CC(C)NCc1ccc(S(=O)(=O)Nc2nncs2)o1. The minimum atomic E-state index is -3.74. The second-order valence-corrected chi connectivity index (χ2v) is 6.55. The number of hydrogen-bond acceptors (Lipinski definition) is 7. The first-order valence-corrected chi connectivity index (χ1v) is 7.95. The van der Waals surface area contributed by atoms with Crippen LogP contribution in [-0.2, 0) is 16.6 Å². The second-order valence-electron chi connectivity index (χ2n) is 4.11. The van der Waals surface area contributed by atoms with E-state index in [-0.39, 0.29) is 10.2 Å². The Morgan fingerprint density at radius 3 is 2.84 bits per heavy atom. The zero-order chi connectivity index (χ0) is 13.9. The molecule has 0 radical (unpaired) electrons. The van der Waals surface area contributed by atoms with E-state index < -0.39 is 10.0 Å². The second kappa shape index (κ2) is 5.68. The molecule has 0 aromatic carbocycles. The van der Waals surface area contributed by atoms with E-state index in [2.05, 4.69) is 20.2 Å². The van der Waals surface area contributed by atoms with Crippen molar-refractivity contribution in [2.75, 3.05) is 4.72 Å². The number of hydrogen-bond donors (Lipinski definition) is 2. The molecule has 0 amide bonds. The first-order valence-electron chi connectivity index (χ1n) is 5.58. The Morgan fingerprint density at radius 1 is 1.42 bits per heavy atom. The van der Waals surface area contributed by atoms with E-state index in [1.807, 2.05) is 13.8 Å². The van der Waals surface area contributed by atoms with E-state index in [0.717, 1.165) is 11.3 Å². The van der Waals surface area contributed by atoms with Gasteiger partial charge >= 0.3 is 0 Å². The van der Waals surface area contributed by atoms with Gasteiger partial charge in [0.15, 0.2) is 0 Å². The van der Waals surface area contributed by atoms with Gasteiger partial charge in [0.25, 0.3) is 10.0 Å². The first kappa shape index (κ1) is 14.0. The van der Waals surface area contributed by atoms with Crippen LogP contribution in [0.3, 0.4) is 0 Å². The number of nitrogens with zero attached hydrogens (tertiary/aromatic N) is 2. The van der Waals surface area contributed by atoms with E-state index in [1.165, 1.54) is 11.6 Å². The molecule has 9 heteroatoms. The number of aromatic nitrogens is 2. The molecule has 0 aliphatic heterocycles. The van der Waals surface area contributed by atoms with Gasteiger partial charge < -0.3 is 9.73 Å². The summed E-state index contributed by atoms with van der Waals surface area (Å²) in [7, 11) is -3.74. The lowest BCUT2D eigenvalue weighted by molar-refractivity contribution is 0.396. The molecule has 19 heavy (non-hydrogen) atoms. The van der Waals surface area contributed by atoms with Gasteiger partial charge in [0.05, 0.1) is 6.54 Å². The number of rotatable bonds is 6. The Morgan fingerprint density at radius 2 is 2.21 bits per heavy atom. The van der Waals surface area contributed by atoms with Crippen molar-refractivity contribution < 1.29 is 12.8 Å². The average Bonchev–Trinajstić information content (AvgIpc) is 2.96. The van der Waals surface area contributed by atoms with E-state index >= 15 is 0 Å². The standard InChI is InChI=1S/C10H14N4O3S2/c1-7(2)11-5-8-3-4-9(17-8)19(15,16)14-10-13-12-6-18-10/h3-4,6-7,11H,5H2,1-2H3,(H,13,14). The molecule has 0 bridgehead atoms. The van der Waals surface area contributed by atoms with E-state index in [1.54, 1.807) is 6.07 Å². The predicted octanol–water partition coefficient (Wildman–Crippen LogP) is 1.43. The van der Waals surface area contributed by atoms with Crippen molar-refractivity contribution in [3.8, 4) is 0 Å².